The van der Waals surface area contributed by atoms with E-state index in [9.17, 15) is 4.79 Å². The van der Waals surface area contributed by atoms with Crippen molar-refractivity contribution in [3.63, 3.8) is 0 Å². The van der Waals surface area contributed by atoms with Gasteiger partial charge in [0.05, 0.1) is 0 Å². The van der Waals surface area contributed by atoms with Crippen LogP contribution in [-0.2, 0) is 9.53 Å². The highest BCUT2D eigenvalue weighted by molar-refractivity contribution is 9.10. The smallest absolute Gasteiger partial charge is 0.344 e. The van der Waals surface area contributed by atoms with Gasteiger partial charge in [0.25, 0.3) is 0 Å². The first-order valence-corrected chi connectivity index (χ1v) is 7.19. The second kappa shape index (κ2) is 8.49. The summed E-state index contributed by atoms with van der Waals surface area (Å²) >= 11 is 3.34. The number of ether oxygens (including phenoxy) is 2. The third-order valence-electron chi connectivity index (χ3n) is 3.13. The number of piperidine rings is 1. The molecule has 0 unspecified atom stereocenters. The third-order valence-corrected chi connectivity index (χ3v) is 3.66. The Morgan fingerprint density at radius 2 is 1.90 bits per heavy atom. The number of benzene rings is 1. The molecule has 0 radical (unpaired) electrons. The van der Waals surface area contributed by atoms with Crippen LogP contribution >= 0.6 is 15.9 Å². The van der Waals surface area contributed by atoms with Crippen molar-refractivity contribution >= 4 is 21.9 Å². The van der Waals surface area contributed by atoms with Gasteiger partial charge < -0.3 is 26.8 Å². The SMILES string of the molecule is CN1CCC(OC(=O)COc2ccc(Br)cc2)CC1.[Cl-]. The van der Waals surface area contributed by atoms with Gasteiger partial charge >= 0.3 is 5.97 Å². The average molecular weight is 364 g/mol. The third kappa shape index (κ3) is 5.69. The van der Waals surface area contributed by atoms with Gasteiger partial charge in [0.15, 0.2) is 6.61 Å². The molecule has 112 valence electrons. The van der Waals surface area contributed by atoms with E-state index in [0.29, 0.717) is 5.75 Å². The lowest BCUT2D eigenvalue weighted by Gasteiger charge is -2.28. The second-order valence-electron chi connectivity index (χ2n) is 4.74. The Hall–Kier alpha value is -0.780. The highest BCUT2D eigenvalue weighted by Gasteiger charge is 2.20. The monoisotopic (exact) mass is 362 g/mol. The second-order valence-corrected chi connectivity index (χ2v) is 5.65. The van der Waals surface area contributed by atoms with Crippen LogP contribution < -0.4 is 17.1 Å². The van der Waals surface area contributed by atoms with Gasteiger partial charge in [0.1, 0.15) is 11.9 Å². The summed E-state index contributed by atoms with van der Waals surface area (Å²) in [5.41, 5.74) is 0. The van der Waals surface area contributed by atoms with Crippen LogP contribution in [0.25, 0.3) is 0 Å². The van der Waals surface area contributed by atoms with Crippen LogP contribution in [0.2, 0.25) is 0 Å². The molecule has 0 bridgehead atoms. The Morgan fingerprint density at radius 1 is 1.30 bits per heavy atom. The van der Waals surface area contributed by atoms with Crippen molar-refractivity contribution in [1.82, 2.24) is 4.90 Å². The van der Waals surface area contributed by atoms with E-state index in [1.807, 2.05) is 24.3 Å². The van der Waals surface area contributed by atoms with Gasteiger partial charge in [-0.05, 0) is 44.2 Å². The Bertz CT molecular complexity index is 419. The highest BCUT2D eigenvalue weighted by Crippen LogP contribution is 2.16. The summed E-state index contributed by atoms with van der Waals surface area (Å²) in [5.74, 6) is 0.376. The lowest BCUT2D eigenvalue weighted by atomic mass is 10.1. The minimum atomic E-state index is -0.294. The van der Waals surface area contributed by atoms with Crippen LogP contribution in [-0.4, -0.2) is 43.7 Å². The first-order valence-electron chi connectivity index (χ1n) is 6.40. The van der Waals surface area contributed by atoms with Crippen LogP contribution in [0.3, 0.4) is 0 Å². The topological polar surface area (TPSA) is 38.8 Å². The first kappa shape index (κ1) is 17.3. The molecule has 1 heterocycles. The van der Waals surface area contributed by atoms with Crippen LogP contribution in [0.5, 0.6) is 5.75 Å². The van der Waals surface area contributed by atoms with Crippen LogP contribution in [0.4, 0.5) is 0 Å². The number of nitrogens with zero attached hydrogens (tertiary/aromatic N) is 1. The van der Waals surface area contributed by atoms with Gasteiger partial charge in [0, 0.05) is 17.6 Å². The summed E-state index contributed by atoms with van der Waals surface area (Å²) in [7, 11) is 2.08. The largest absolute Gasteiger partial charge is 1.00 e. The number of hydrogen-bond acceptors (Lipinski definition) is 4. The van der Waals surface area contributed by atoms with Gasteiger partial charge in [-0.1, -0.05) is 15.9 Å². The van der Waals surface area contributed by atoms with Gasteiger partial charge in [-0.2, -0.15) is 0 Å². The maximum absolute atomic E-state index is 11.7. The number of rotatable bonds is 4. The molecule has 0 aliphatic carbocycles. The van der Waals surface area contributed by atoms with E-state index < -0.39 is 0 Å². The Morgan fingerprint density at radius 3 is 2.50 bits per heavy atom. The van der Waals surface area contributed by atoms with E-state index in [2.05, 4.69) is 27.9 Å². The number of esters is 1. The van der Waals surface area contributed by atoms with Crippen LogP contribution in [0.1, 0.15) is 12.8 Å². The molecule has 1 fully saturated rings. The molecule has 0 N–H and O–H groups in total. The fourth-order valence-corrected chi connectivity index (χ4v) is 2.26. The Kier molecular flexibility index (Phi) is 7.34. The molecule has 0 amide bonds. The number of hydrogen-bond donors (Lipinski definition) is 0. The van der Waals surface area contributed by atoms with Gasteiger partial charge in [-0.3, -0.25) is 0 Å². The number of halogens is 2. The van der Waals surface area contributed by atoms with Gasteiger partial charge in [0.2, 0.25) is 0 Å². The zero-order valence-electron chi connectivity index (χ0n) is 11.4. The summed E-state index contributed by atoms with van der Waals surface area (Å²) < 4.78 is 11.7. The number of carbonyl (C=O) groups excluding carboxylic acids is 1. The van der Waals surface area contributed by atoms with Crippen LogP contribution in [0.15, 0.2) is 28.7 Å². The molecule has 20 heavy (non-hydrogen) atoms. The fraction of sp³-hybridized carbons (Fsp3) is 0.500. The molecule has 6 heteroatoms. The summed E-state index contributed by atoms with van der Waals surface area (Å²) in [6.45, 7) is 1.92. The highest BCUT2D eigenvalue weighted by atomic mass is 79.9. The van der Waals surface area contributed by atoms with Crippen molar-refractivity contribution in [2.75, 3.05) is 26.7 Å². The first-order chi connectivity index (χ1) is 9.13. The molecule has 0 saturated carbocycles. The molecular weight excluding hydrogens is 346 g/mol. The summed E-state index contributed by atoms with van der Waals surface area (Å²) in [5, 5.41) is 0. The van der Waals surface area contributed by atoms with Crippen molar-refractivity contribution in [3.8, 4) is 5.75 Å². The minimum Gasteiger partial charge on any atom is -1.00 e. The number of carbonyl (C=O) groups is 1. The quantitative estimate of drug-likeness (QED) is 0.674. The predicted molar refractivity (Wildman–Crippen MR) is 76.2 cm³/mol. The summed E-state index contributed by atoms with van der Waals surface area (Å²) in [6, 6.07) is 7.37. The molecule has 1 aliphatic heterocycles. The van der Waals surface area contributed by atoms with Crippen molar-refractivity contribution in [1.29, 1.82) is 0 Å². The zero-order chi connectivity index (χ0) is 13.7. The molecule has 1 aromatic carbocycles. The van der Waals surface area contributed by atoms with Crippen molar-refractivity contribution in [3.05, 3.63) is 28.7 Å². The molecular formula is C14H18BrClNO3-. The molecule has 1 saturated heterocycles. The van der Waals surface area contributed by atoms with Gasteiger partial charge in [-0.25, -0.2) is 4.79 Å². The van der Waals surface area contributed by atoms with E-state index in [4.69, 9.17) is 9.47 Å². The lowest BCUT2D eigenvalue weighted by molar-refractivity contribution is -0.153. The molecule has 2 rings (SSSR count). The molecule has 0 atom stereocenters. The molecule has 1 aliphatic rings. The van der Waals surface area contributed by atoms with E-state index in [0.717, 1.165) is 30.4 Å². The standard InChI is InChI=1S/C14H18BrNO3.ClH/c1-16-8-6-13(7-9-16)19-14(17)10-18-12-4-2-11(15)3-5-12;/h2-5,13H,6-10H2,1H3;1H/p-1. The maximum atomic E-state index is 11.7. The maximum Gasteiger partial charge on any atom is 0.344 e. The normalized spacial score (nSPS) is 16.3. The lowest BCUT2D eigenvalue weighted by Crippen LogP contribution is -3.00. The predicted octanol–water partition coefficient (Wildman–Crippen LogP) is -0.531. The molecule has 0 spiro atoms. The minimum absolute atomic E-state index is 0. The molecule has 0 aromatic heterocycles. The molecule has 4 nitrogen and oxygen atoms in total. The van der Waals surface area contributed by atoms with E-state index >= 15 is 0 Å². The van der Waals surface area contributed by atoms with Crippen molar-refractivity contribution < 1.29 is 26.7 Å². The zero-order valence-corrected chi connectivity index (χ0v) is 13.7. The van der Waals surface area contributed by atoms with E-state index in [1.54, 1.807) is 0 Å². The average Bonchev–Trinajstić information content (AvgIpc) is 2.41. The van der Waals surface area contributed by atoms with Gasteiger partial charge in [-0.15, -0.1) is 0 Å². The summed E-state index contributed by atoms with van der Waals surface area (Å²) in [6.07, 6.45) is 1.85. The van der Waals surface area contributed by atoms with E-state index in [1.165, 1.54) is 0 Å². The van der Waals surface area contributed by atoms with E-state index in [-0.39, 0.29) is 31.1 Å². The van der Waals surface area contributed by atoms with Crippen molar-refractivity contribution in [2.24, 2.45) is 0 Å². The Balaban J connectivity index is 0.00000200. The fourth-order valence-electron chi connectivity index (χ4n) is 2.00. The Labute approximate surface area is 134 Å². The number of likely N-dealkylation sites (tertiary alicyclic amines) is 1. The van der Waals surface area contributed by atoms with Crippen LogP contribution in [0, 0.1) is 0 Å². The summed E-state index contributed by atoms with van der Waals surface area (Å²) in [4.78, 5) is 13.9. The molecule has 1 aromatic rings. The van der Waals surface area contributed by atoms with Crippen molar-refractivity contribution in [2.45, 2.75) is 18.9 Å².